The molecule has 0 aliphatic heterocycles. The minimum absolute atomic E-state index is 0.142. The Labute approximate surface area is 148 Å². The summed E-state index contributed by atoms with van der Waals surface area (Å²) in [5.74, 6) is -0.0220. The second-order valence-corrected chi connectivity index (χ2v) is 5.91. The molecule has 0 bridgehead atoms. The van der Waals surface area contributed by atoms with Crippen LogP contribution in [0.3, 0.4) is 0 Å². The first kappa shape index (κ1) is 16.5. The molecule has 1 aromatic heterocycles. The number of carbonyl (C=O) groups is 1. The Balaban J connectivity index is 1.68. The first-order valence-electron chi connectivity index (χ1n) is 7.04. The van der Waals surface area contributed by atoms with E-state index >= 15 is 0 Å². The van der Waals surface area contributed by atoms with Gasteiger partial charge in [-0.15, -0.1) is 10.2 Å². The van der Waals surface area contributed by atoms with Crippen molar-refractivity contribution in [2.45, 2.75) is 13.5 Å². The zero-order valence-corrected chi connectivity index (χ0v) is 14.1. The van der Waals surface area contributed by atoms with Crippen molar-refractivity contribution in [3.05, 3.63) is 69.5 Å². The van der Waals surface area contributed by atoms with E-state index in [-0.39, 0.29) is 23.1 Å². The summed E-state index contributed by atoms with van der Waals surface area (Å²) in [5.41, 5.74) is 2.11. The molecule has 5 nitrogen and oxygen atoms in total. The van der Waals surface area contributed by atoms with Gasteiger partial charge in [0.15, 0.2) is 6.61 Å². The van der Waals surface area contributed by atoms with Crippen LogP contribution in [-0.2, 0) is 11.3 Å². The summed E-state index contributed by atoms with van der Waals surface area (Å²) in [4.78, 5) is 12.0. The maximum Gasteiger partial charge on any atom is 0.340 e. The first-order valence-corrected chi connectivity index (χ1v) is 7.80. The molecule has 3 rings (SSSR count). The van der Waals surface area contributed by atoms with E-state index in [4.69, 9.17) is 32.4 Å². The maximum atomic E-state index is 12.0. The number of hydrogen-bond donors (Lipinski definition) is 0. The number of rotatable bonds is 4. The van der Waals surface area contributed by atoms with E-state index in [1.165, 1.54) is 12.1 Å². The summed E-state index contributed by atoms with van der Waals surface area (Å²) in [7, 11) is 0. The number of nitrogens with zero attached hydrogens (tertiary/aromatic N) is 2. The van der Waals surface area contributed by atoms with Crippen LogP contribution >= 0.6 is 23.2 Å². The largest absolute Gasteiger partial charge is 0.452 e. The first-order chi connectivity index (χ1) is 11.5. The number of aromatic nitrogens is 2. The molecule has 2 aromatic carbocycles. The van der Waals surface area contributed by atoms with Crippen LogP contribution in [0.1, 0.15) is 21.8 Å². The predicted molar refractivity (Wildman–Crippen MR) is 90.1 cm³/mol. The van der Waals surface area contributed by atoms with Crippen molar-refractivity contribution in [3.8, 4) is 11.5 Å². The number of hydrogen-bond acceptors (Lipinski definition) is 5. The third kappa shape index (κ3) is 3.75. The van der Waals surface area contributed by atoms with E-state index in [0.29, 0.717) is 10.9 Å². The van der Waals surface area contributed by atoms with Gasteiger partial charge < -0.3 is 9.15 Å². The maximum absolute atomic E-state index is 12.0. The molecule has 0 unspecified atom stereocenters. The van der Waals surface area contributed by atoms with Gasteiger partial charge in [0.05, 0.1) is 10.6 Å². The van der Waals surface area contributed by atoms with E-state index in [2.05, 4.69) is 10.2 Å². The average molecular weight is 363 g/mol. The van der Waals surface area contributed by atoms with Gasteiger partial charge in [-0.05, 0) is 37.3 Å². The van der Waals surface area contributed by atoms with Gasteiger partial charge in [-0.2, -0.15) is 0 Å². The summed E-state index contributed by atoms with van der Waals surface area (Å²) >= 11 is 11.8. The number of halogens is 2. The molecule has 122 valence electrons. The SMILES string of the molecule is Cc1cccc(-c2nnc(COC(=O)c3ccc(Cl)cc3Cl)o2)c1. The fraction of sp³-hybridized carbons (Fsp3) is 0.118. The minimum atomic E-state index is -0.591. The summed E-state index contributed by atoms with van der Waals surface area (Å²) in [6, 6.07) is 12.2. The molecule has 0 saturated carbocycles. The Kier molecular flexibility index (Phi) is 4.83. The quantitative estimate of drug-likeness (QED) is 0.628. The van der Waals surface area contributed by atoms with Crippen LogP contribution in [0.15, 0.2) is 46.9 Å². The van der Waals surface area contributed by atoms with Gasteiger partial charge in [0, 0.05) is 10.6 Å². The van der Waals surface area contributed by atoms with E-state index in [9.17, 15) is 4.79 Å². The van der Waals surface area contributed by atoms with Crippen LogP contribution in [0.4, 0.5) is 0 Å². The lowest BCUT2D eigenvalue weighted by atomic mass is 10.1. The Morgan fingerprint density at radius 2 is 2.00 bits per heavy atom. The van der Waals surface area contributed by atoms with E-state index in [0.717, 1.165) is 11.1 Å². The van der Waals surface area contributed by atoms with Crippen LogP contribution in [-0.4, -0.2) is 16.2 Å². The number of aryl methyl sites for hydroxylation is 1. The highest BCUT2D eigenvalue weighted by Gasteiger charge is 2.15. The molecule has 0 aliphatic carbocycles. The van der Waals surface area contributed by atoms with Gasteiger partial charge in [0.25, 0.3) is 5.89 Å². The van der Waals surface area contributed by atoms with Gasteiger partial charge >= 0.3 is 5.97 Å². The minimum Gasteiger partial charge on any atom is -0.452 e. The summed E-state index contributed by atoms with van der Waals surface area (Å²) in [5, 5.41) is 8.49. The standard InChI is InChI=1S/C17H12Cl2N2O3/c1-10-3-2-4-11(7-10)16-21-20-15(24-16)9-23-17(22)13-6-5-12(18)8-14(13)19/h2-8H,9H2,1H3. The highest BCUT2D eigenvalue weighted by atomic mass is 35.5. The highest BCUT2D eigenvalue weighted by Crippen LogP contribution is 2.23. The predicted octanol–water partition coefficient (Wildman–Crippen LogP) is 4.71. The lowest BCUT2D eigenvalue weighted by Gasteiger charge is -2.04. The van der Waals surface area contributed by atoms with Crippen molar-refractivity contribution in [1.82, 2.24) is 10.2 Å². The second-order valence-electron chi connectivity index (χ2n) is 5.07. The lowest BCUT2D eigenvalue weighted by Crippen LogP contribution is -2.06. The van der Waals surface area contributed by atoms with Gasteiger partial charge in [-0.25, -0.2) is 4.79 Å². The molecular weight excluding hydrogens is 351 g/mol. The monoisotopic (exact) mass is 362 g/mol. The number of benzene rings is 2. The van der Waals surface area contributed by atoms with Crippen LogP contribution in [0.5, 0.6) is 0 Å². The Morgan fingerprint density at radius 1 is 1.17 bits per heavy atom. The third-order valence-corrected chi connectivity index (χ3v) is 3.76. The Hall–Kier alpha value is -2.37. The fourth-order valence-electron chi connectivity index (χ4n) is 2.07. The van der Waals surface area contributed by atoms with Crippen LogP contribution in [0.25, 0.3) is 11.5 Å². The Bertz CT molecular complexity index is 893. The van der Waals surface area contributed by atoms with Crippen LogP contribution < -0.4 is 0 Å². The summed E-state index contributed by atoms with van der Waals surface area (Å²) in [6.45, 7) is 1.83. The molecule has 0 spiro atoms. The molecule has 3 aromatic rings. The van der Waals surface area contributed by atoms with Crippen LogP contribution in [0, 0.1) is 6.92 Å². The van der Waals surface area contributed by atoms with Gasteiger partial charge in [-0.3, -0.25) is 0 Å². The lowest BCUT2D eigenvalue weighted by molar-refractivity contribution is 0.0439. The van der Waals surface area contributed by atoms with Crippen molar-refractivity contribution < 1.29 is 13.9 Å². The average Bonchev–Trinajstić information content (AvgIpc) is 3.01. The highest BCUT2D eigenvalue weighted by molar-refractivity contribution is 6.36. The normalized spacial score (nSPS) is 10.6. The van der Waals surface area contributed by atoms with Crippen molar-refractivity contribution in [3.63, 3.8) is 0 Å². The zero-order chi connectivity index (χ0) is 17.1. The number of ether oxygens (including phenoxy) is 1. The topological polar surface area (TPSA) is 65.2 Å². The van der Waals surface area contributed by atoms with Gasteiger partial charge in [-0.1, -0.05) is 40.9 Å². The molecular formula is C17H12Cl2N2O3. The number of carbonyl (C=O) groups excluding carboxylic acids is 1. The molecule has 0 fully saturated rings. The van der Waals surface area contributed by atoms with E-state index in [1.54, 1.807) is 6.07 Å². The van der Waals surface area contributed by atoms with Crippen molar-refractivity contribution in [1.29, 1.82) is 0 Å². The Morgan fingerprint density at radius 3 is 2.75 bits per heavy atom. The molecule has 0 N–H and O–H groups in total. The van der Waals surface area contributed by atoms with Crippen LogP contribution in [0.2, 0.25) is 10.0 Å². The molecule has 0 atom stereocenters. The molecule has 0 saturated heterocycles. The second kappa shape index (κ2) is 7.03. The molecule has 1 heterocycles. The van der Waals surface area contributed by atoms with Gasteiger partial charge in [0.1, 0.15) is 0 Å². The molecule has 7 heteroatoms. The third-order valence-electron chi connectivity index (χ3n) is 3.21. The van der Waals surface area contributed by atoms with Gasteiger partial charge in [0.2, 0.25) is 5.89 Å². The van der Waals surface area contributed by atoms with E-state index in [1.807, 2.05) is 31.2 Å². The number of esters is 1. The smallest absolute Gasteiger partial charge is 0.340 e. The van der Waals surface area contributed by atoms with Crippen molar-refractivity contribution in [2.75, 3.05) is 0 Å². The van der Waals surface area contributed by atoms with E-state index < -0.39 is 5.97 Å². The van der Waals surface area contributed by atoms with Crippen molar-refractivity contribution >= 4 is 29.2 Å². The molecule has 0 amide bonds. The van der Waals surface area contributed by atoms with Crippen molar-refractivity contribution in [2.24, 2.45) is 0 Å². The zero-order valence-electron chi connectivity index (χ0n) is 12.6. The molecule has 0 aliphatic rings. The fourth-order valence-corrected chi connectivity index (χ4v) is 2.55. The summed E-state index contributed by atoms with van der Waals surface area (Å²) < 4.78 is 10.7. The molecule has 24 heavy (non-hydrogen) atoms. The summed E-state index contributed by atoms with van der Waals surface area (Å²) in [6.07, 6.45) is 0. The molecule has 0 radical (unpaired) electrons.